The average Bonchev–Trinajstić information content (AvgIpc) is 1.57. The molecule has 0 amide bonds. The van der Waals surface area contributed by atoms with E-state index >= 15 is 0 Å². The van der Waals surface area contributed by atoms with Crippen LogP contribution >= 0.6 is 56.7 Å². The molecule has 0 aliphatic heterocycles. The molecule has 0 aliphatic rings. The molecule has 0 unspecified atom stereocenters. The highest BCUT2D eigenvalue weighted by Gasteiger charge is 2.24. The minimum atomic E-state index is 1.22. The van der Waals surface area contributed by atoms with E-state index < -0.39 is 0 Å². The van der Waals surface area contributed by atoms with Crippen LogP contribution in [0.3, 0.4) is 0 Å². The molecular formula is C125H85N5S5. The Morgan fingerprint density at radius 2 is 0.474 bits per heavy atom. The van der Waals surface area contributed by atoms with E-state index in [0.717, 1.165) is 0 Å². The zero-order valence-corrected chi connectivity index (χ0v) is 78.8. The van der Waals surface area contributed by atoms with Crippen molar-refractivity contribution in [3.05, 3.63) is 452 Å². The highest BCUT2D eigenvalue weighted by molar-refractivity contribution is 7.28. The molecule has 0 spiro atoms. The van der Waals surface area contributed by atoms with Crippen molar-refractivity contribution in [2.24, 2.45) is 0 Å². The molecule has 0 atom stereocenters. The summed E-state index contributed by atoms with van der Waals surface area (Å²) in [5.74, 6) is 0. The van der Waals surface area contributed by atoms with Crippen molar-refractivity contribution >= 4 is 267 Å². The molecule has 135 heavy (non-hydrogen) atoms. The number of hydrogen-bond donors (Lipinski definition) is 0. The molecule has 640 valence electrons. The van der Waals surface area contributed by atoms with Crippen LogP contribution in [0.4, 0.5) is 0 Å². The molecule has 30 rings (SSSR count). The quantitative estimate of drug-likeness (QED) is 0.164. The normalized spacial score (nSPS) is 11.9. The second kappa shape index (κ2) is 32.5. The van der Waals surface area contributed by atoms with Crippen LogP contribution in [0.1, 0.15) is 27.8 Å². The molecule has 0 N–H and O–H groups in total. The monoisotopic (exact) mass is 1820 g/mol. The Balaban J connectivity index is 0.0000000878. The standard InChI is InChI=1S/5C25H17NS/c1-16-7-6-8-17(15-16)26-21-11-4-2-10-20(21)24-22(26)14-13-19-18-9-3-5-12-23(18)27-25(19)24;1-16-7-6-8-17(13-16)26-22-11-4-2-9-18(22)20-15-25-21(14-23(20)26)19-10-3-5-12-24(19)27-25;1-16-7-6-8-17(13-16)26-22-11-4-2-9-18(22)20-14-21-19-10-3-5-12-24(19)27-25(21)15-23(20)26;1-16-10-12-17(13-11-16)26-21-8-4-2-6-18(21)19-14-15-23-24(25(19)26)20-7-3-5-9-22(20)27-23;1-16-10-12-17(13-11-16)26-22-8-4-2-6-18(22)20-14-15-21-19-7-3-5-9-23(19)27-25(21)24(20)26/h5*2-15H,1H3. The number of fused-ring (bicyclic) bond motifs is 33. The van der Waals surface area contributed by atoms with Crippen molar-refractivity contribution in [3.63, 3.8) is 0 Å². The van der Waals surface area contributed by atoms with E-state index in [1.807, 2.05) is 56.7 Å². The van der Waals surface area contributed by atoms with Gasteiger partial charge >= 0.3 is 0 Å². The summed E-state index contributed by atoms with van der Waals surface area (Å²) in [6, 6.07) is 155. The van der Waals surface area contributed by atoms with E-state index in [4.69, 9.17) is 0 Å². The molecular weight excluding hydrogens is 1730 g/mol. The van der Waals surface area contributed by atoms with Gasteiger partial charge in [-0.1, -0.05) is 278 Å². The first-order valence-electron chi connectivity index (χ1n) is 46.1. The Bertz CT molecular complexity index is 9970. The second-order valence-electron chi connectivity index (χ2n) is 35.7. The molecule has 10 heterocycles. The fourth-order valence-corrected chi connectivity index (χ4v) is 27.0. The molecule has 5 nitrogen and oxygen atoms in total. The summed E-state index contributed by atoms with van der Waals surface area (Å²) in [7, 11) is 0. The predicted molar refractivity (Wildman–Crippen MR) is 592 cm³/mol. The van der Waals surface area contributed by atoms with Gasteiger partial charge in [-0.25, -0.2) is 0 Å². The summed E-state index contributed by atoms with van der Waals surface area (Å²) >= 11 is 9.44. The number of aryl methyl sites for hydroxylation is 5. The van der Waals surface area contributed by atoms with Crippen LogP contribution in [0.25, 0.3) is 238 Å². The van der Waals surface area contributed by atoms with Crippen LogP contribution in [-0.2, 0) is 0 Å². The number of hydrogen-bond acceptors (Lipinski definition) is 5. The van der Waals surface area contributed by atoms with E-state index in [2.05, 4.69) is 482 Å². The zero-order chi connectivity index (χ0) is 89.8. The van der Waals surface area contributed by atoms with Crippen molar-refractivity contribution in [3.8, 4) is 28.4 Å². The van der Waals surface area contributed by atoms with E-state index in [9.17, 15) is 0 Å². The summed E-state index contributed by atoms with van der Waals surface area (Å²) in [6.45, 7) is 10.7. The topological polar surface area (TPSA) is 24.6 Å². The summed E-state index contributed by atoms with van der Waals surface area (Å²) < 4.78 is 25.6. The van der Waals surface area contributed by atoms with Gasteiger partial charge in [-0.3, -0.25) is 0 Å². The molecule has 20 aromatic carbocycles. The maximum atomic E-state index is 2.44. The smallest absolute Gasteiger partial charge is 0.0719 e. The first-order chi connectivity index (χ1) is 66.5. The Morgan fingerprint density at radius 1 is 0.141 bits per heavy atom. The van der Waals surface area contributed by atoms with Crippen molar-refractivity contribution in [1.29, 1.82) is 0 Å². The minimum absolute atomic E-state index is 1.22. The van der Waals surface area contributed by atoms with E-state index in [-0.39, 0.29) is 0 Å². The number of thiophene rings is 5. The van der Waals surface area contributed by atoms with E-state index in [0.29, 0.717) is 0 Å². The first kappa shape index (κ1) is 80.4. The summed E-state index contributed by atoms with van der Waals surface area (Å²) in [4.78, 5) is 0. The predicted octanol–water partition coefficient (Wildman–Crippen LogP) is 37.3. The molecule has 0 aliphatic carbocycles. The van der Waals surface area contributed by atoms with Crippen molar-refractivity contribution < 1.29 is 0 Å². The molecule has 10 aromatic heterocycles. The third kappa shape index (κ3) is 13.3. The lowest BCUT2D eigenvalue weighted by molar-refractivity contribution is 1.17. The van der Waals surface area contributed by atoms with Gasteiger partial charge in [-0.15, -0.1) is 56.7 Å². The summed E-state index contributed by atoms with van der Waals surface area (Å²) in [6.07, 6.45) is 0. The summed E-state index contributed by atoms with van der Waals surface area (Å²) in [5, 5.41) is 26.8. The lowest BCUT2D eigenvalue weighted by Crippen LogP contribution is -1.94. The van der Waals surface area contributed by atoms with Crippen LogP contribution in [0.5, 0.6) is 0 Å². The van der Waals surface area contributed by atoms with Crippen LogP contribution in [-0.4, -0.2) is 22.8 Å². The van der Waals surface area contributed by atoms with Gasteiger partial charge < -0.3 is 22.8 Å². The van der Waals surface area contributed by atoms with Crippen molar-refractivity contribution in [1.82, 2.24) is 22.8 Å². The number of nitrogens with zero attached hydrogens (tertiary/aromatic N) is 5. The van der Waals surface area contributed by atoms with E-state index in [1.54, 1.807) is 0 Å². The Hall–Kier alpha value is -15.5. The van der Waals surface area contributed by atoms with Gasteiger partial charge in [0.15, 0.2) is 0 Å². The maximum Gasteiger partial charge on any atom is 0.0719 e. The van der Waals surface area contributed by atoms with Crippen LogP contribution in [0, 0.1) is 34.6 Å². The van der Waals surface area contributed by atoms with Gasteiger partial charge in [0.1, 0.15) is 0 Å². The van der Waals surface area contributed by atoms with Gasteiger partial charge in [0.05, 0.1) is 59.9 Å². The SMILES string of the molecule is Cc1ccc(-n2c3ccccc3c3ccc4c5ccccc5sc4c32)cc1.Cc1ccc(-n2c3ccccc3c3ccc4sc5ccccc5c4c32)cc1.Cc1cccc(-n2c3ccccc3c3c4sc5ccccc5c4ccc32)c1.Cc1cccc(-n2c3ccccc3c3cc4c(cc32)sc2ccccc24)c1.Cc1cccc(-n2c3ccccc3c3cc4sc5ccccc5c4cc32)c1. The fraction of sp³-hybridized carbons (Fsp3) is 0.0400. The van der Waals surface area contributed by atoms with Gasteiger partial charge in [-0.2, -0.15) is 0 Å². The molecule has 0 saturated carbocycles. The van der Waals surface area contributed by atoms with Crippen LogP contribution in [0.2, 0.25) is 0 Å². The Kier molecular flexibility index (Phi) is 19.3. The molecule has 0 fully saturated rings. The lowest BCUT2D eigenvalue weighted by atomic mass is 10.1. The average molecular weight is 1820 g/mol. The number of aromatic nitrogens is 5. The number of para-hydroxylation sites is 5. The summed E-state index contributed by atoms with van der Waals surface area (Å²) in [5.41, 5.74) is 25.3. The number of rotatable bonds is 5. The van der Waals surface area contributed by atoms with Crippen molar-refractivity contribution in [2.45, 2.75) is 34.6 Å². The highest BCUT2D eigenvalue weighted by Crippen LogP contribution is 2.50. The van der Waals surface area contributed by atoms with Gasteiger partial charge in [0.2, 0.25) is 0 Å². The zero-order valence-electron chi connectivity index (χ0n) is 74.7. The molecule has 10 heteroatoms. The van der Waals surface area contributed by atoms with Gasteiger partial charge in [0, 0.05) is 178 Å². The molecule has 0 radical (unpaired) electrons. The molecule has 0 bridgehead atoms. The third-order valence-corrected chi connectivity index (χ3v) is 33.0. The molecule has 0 saturated heterocycles. The minimum Gasteiger partial charge on any atom is -0.309 e. The Morgan fingerprint density at radius 3 is 0.978 bits per heavy atom. The van der Waals surface area contributed by atoms with E-state index in [1.165, 1.54) is 266 Å². The second-order valence-corrected chi connectivity index (χ2v) is 41.0. The molecule has 30 aromatic rings. The number of benzene rings is 20. The maximum absolute atomic E-state index is 2.44. The lowest BCUT2D eigenvalue weighted by Gasteiger charge is -2.09. The van der Waals surface area contributed by atoms with Crippen LogP contribution < -0.4 is 0 Å². The van der Waals surface area contributed by atoms with Crippen LogP contribution in [0.15, 0.2) is 425 Å². The van der Waals surface area contributed by atoms with Gasteiger partial charge in [0.25, 0.3) is 0 Å². The Labute approximate surface area is 798 Å². The largest absolute Gasteiger partial charge is 0.309 e. The first-order valence-corrected chi connectivity index (χ1v) is 50.1. The third-order valence-electron chi connectivity index (χ3n) is 27.2. The highest BCUT2D eigenvalue weighted by atomic mass is 32.1. The fourth-order valence-electron chi connectivity index (χ4n) is 21.2. The van der Waals surface area contributed by atoms with Crippen molar-refractivity contribution in [2.75, 3.05) is 0 Å². The van der Waals surface area contributed by atoms with Gasteiger partial charge in [-0.05, 0) is 209 Å².